The van der Waals surface area contributed by atoms with Gasteiger partial charge in [-0.3, -0.25) is 0 Å². The SMILES string of the molecule is CCNCc1nnc(N(C)C2CCOCC2)o1. The van der Waals surface area contributed by atoms with E-state index < -0.39 is 0 Å². The molecule has 1 aliphatic heterocycles. The zero-order valence-electron chi connectivity index (χ0n) is 10.5. The van der Waals surface area contributed by atoms with Crippen molar-refractivity contribution < 1.29 is 9.15 Å². The molecular formula is C11H20N4O2. The van der Waals surface area contributed by atoms with Crippen LogP contribution in [-0.2, 0) is 11.3 Å². The van der Waals surface area contributed by atoms with Crippen molar-refractivity contribution in [2.75, 3.05) is 31.7 Å². The monoisotopic (exact) mass is 240 g/mol. The van der Waals surface area contributed by atoms with Gasteiger partial charge >= 0.3 is 6.01 Å². The maximum Gasteiger partial charge on any atom is 0.318 e. The van der Waals surface area contributed by atoms with E-state index in [1.54, 1.807) is 0 Å². The molecule has 2 rings (SSSR count). The average Bonchev–Trinajstić information content (AvgIpc) is 2.85. The molecule has 6 nitrogen and oxygen atoms in total. The van der Waals surface area contributed by atoms with Crippen LogP contribution in [0.4, 0.5) is 6.01 Å². The summed E-state index contributed by atoms with van der Waals surface area (Å²) in [7, 11) is 2.00. The van der Waals surface area contributed by atoms with Gasteiger partial charge in [0.2, 0.25) is 5.89 Å². The summed E-state index contributed by atoms with van der Waals surface area (Å²) in [5.41, 5.74) is 0. The Morgan fingerprint density at radius 3 is 2.82 bits per heavy atom. The van der Waals surface area contributed by atoms with Crippen molar-refractivity contribution in [2.45, 2.75) is 32.4 Å². The van der Waals surface area contributed by atoms with Crippen molar-refractivity contribution in [3.8, 4) is 0 Å². The first-order chi connectivity index (χ1) is 8.31. The topological polar surface area (TPSA) is 63.4 Å². The molecule has 0 aromatic carbocycles. The van der Waals surface area contributed by atoms with Crippen LogP contribution in [-0.4, -0.2) is 43.0 Å². The van der Waals surface area contributed by atoms with E-state index in [0.29, 0.717) is 24.5 Å². The molecule has 2 heterocycles. The average molecular weight is 240 g/mol. The summed E-state index contributed by atoms with van der Waals surface area (Å²) in [6.07, 6.45) is 2.03. The number of hydrogen-bond donors (Lipinski definition) is 1. The van der Waals surface area contributed by atoms with E-state index in [-0.39, 0.29) is 0 Å². The van der Waals surface area contributed by atoms with Gasteiger partial charge in [-0.15, -0.1) is 5.10 Å². The first kappa shape index (κ1) is 12.3. The summed E-state index contributed by atoms with van der Waals surface area (Å²) in [4.78, 5) is 2.06. The van der Waals surface area contributed by atoms with E-state index in [9.17, 15) is 0 Å². The molecule has 0 unspecified atom stereocenters. The minimum absolute atomic E-state index is 0.441. The molecule has 1 N–H and O–H groups in total. The fraction of sp³-hybridized carbons (Fsp3) is 0.818. The van der Waals surface area contributed by atoms with Gasteiger partial charge in [-0.05, 0) is 19.4 Å². The van der Waals surface area contributed by atoms with Crippen LogP contribution in [0.15, 0.2) is 4.42 Å². The predicted molar refractivity (Wildman–Crippen MR) is 63.9 cm³/mol. The van der Waals surface area contributed by atoms with Gasteiger partial charge in [0.25, 0.3) is 0 Å². The number of nitrogens with zero attached hydrogens (tertiary/aromatic N) is 3. The van der Waals surface area contributed by atoms with Crippen LogP contribution in [0.2, 0.25) is 0 Å². The largest absolute Gasteiger partial charge is 0.407 e. The van der Waals surface area contributed by atoms with E-state index >= 15 is 0 Å². The molecule has 1 fully saturated rings. The molecule has 17 heavy (non-hydrogen) atoms. The molecule has 6 heteroatoms. The quantitative estimate of drug-likeness (QED) is 0.821. The molecule has 0 saturated carbocycles. The van der Waals surface area contributed by atoms with Crippen molar-refractivity contribution in [1.29, 1.82) is 0 Å². The molecule has 1 aromatic heterocycles. The lowest BCUT2D eigenvalue weighted by atomic mass is 10.1. The van der Waals surface area contributed by atoms with Crippen molar-refractivity contribution in [3.63, 3.8) is 0 Å². The fourth-order valence-corrected chi connectivity index (χ4v) is 1.92. The second kappa shape index (κ2) is 5.97. The summed E-state index contributed by atoms with van der Waals surface area (Å²) in [5, 5.41) is 11.3. The van der Waals surface area contributed by atoms with Gasteiger partial charge in [0, 0.05) is 26.3 Å². The Hall–Kier alpha value is -1.14. The maximum absolute atomic E-state index is 5.60. The van der Waals surface area contributed by atoms with E-state index in [1.165, 1.54) is 0 Å². The molecule has 0 aliphatic carbocycles. The highest BCUT2D eigenvalue weighted by atomic mass is 16.5. The molecule has 0 amide bonds. The Bertz CT molecular complexity index is 336. The molecular weight excluding hydrogens is 220 g/mol. The molecule has 0 atom stereocenters. The van der Waals surface area contributed by atoms with Crippen LogP contribution < -0.4 is 10.2 Å². The van der Waals surface area contributed by atoms with Crippen molar-refractivity contribution >= 4 is 6.01 Å². The van der Waals surface area contributed by atoms with E-state index in [2.05, 4.69) is 20.4 Å². The van der Waals surface area contributed by atoms with E-state index in [0.717, 1.165) is 32.6 Å². The summed E-state index contributed by atoms with van der Waals surface area (Å²) in [6.45, 7) is 5.20. The molecule has 0 spiro atoms. The number of hydrogen-bond acceptors (Lipinski definition) is 6. The summed E-state index contributed by atoms with van der Waals surface area (Å²) in [6, 6.07) is 1.04. The van der Waals surface area contributed by atoms with Gasteiger partial charge in [0.15, 0.2) is 0 Å². The van der Waals surface area contributed by atoms with Crippen molar-refractivity contribution in [1.82, 2.24) is 15.5 Å². The summed E-state index contributed by atoms with van der Waals surface area (Å²) < 4.78 is 10.9. The van der Waals surface area contributed by atoms with Crippen molar-refractivity contribution in [2.24, 2.45) is 0 Å². The number of nitrogens with one attached hydrogen (secondary N) is 1. The van der Waals surface area contributed by atoms with Gasteiger partial charge in [0.05, 0.1) is 6.54 Å². The zero-order valence-corrected chi connectivity index (χ0v) is 10.5. The van der Waals surface area contributed by atoms with Crippen LogP contribution in [0.3, 0.4) is 0 Å². The standard InChI is InChI=1S/C11H20N4O2/c1-3-12-8-10-13-14-11(17-10)15(2)9-4-6-16-7-5-9/h9,12H,3-8H2,1-2H3. The summed E-state index contributed by atoms with van der Waals surface area (Å²) in [5.74, 6) is 0.640. The Kier molecular flexibility index (Phi) is 4.33. The number of aromatic nitrogens is 2. The number of ether oxygens (including phenoxy) is 1. The number of anilines is 1. The highest BCUT2D eigenvalue weighted by Crippen LogP contribution is 2.19. The maximum atomic E-state index is 5.60. The Morgan fingerprint density at radius 2 is 2.12 bits per heavy atom. The van der Waals surface area contributed by atoms with Crippen molar-refractivity contribution in [3.05, 3.63) is 5.89 Å². The van der Waals surface area contributed by atoms with Gasteiger partial charge in [-0.25, -0.2) is 0 Å². The second-order valence-corrected chi connectivity index (χ2v) is 4.21. The Labute approximate surface area is 101 Å². The van der Waals surface area contributed by atoms with Crippen LogP contribution >= 0.6 is 0 Å². The van der Waals surface area contributed by atoms with Gasteiger partial charge in [-0.1, -0.05) is 12.0 Å². The lowest BCUT2D eigenvalue weighted by molar-refractivity contribution is 0.0845. The van der Waals surface area contributed by atoms with Gasteiger partial charge < -0.3 is 19.4 Å². The van der Waals surface area contributed by atoms with Crippen LogP contribution in [0.1, 0.15) is 25.7 Å². The highest BCUT2D eigenvalue weighted by molar-refractivity contribution is 5.24. The number of rotatable bonds is 5. The predicted octanol–water partition coefficient (Wildman–Crippen LogP) is 0.794. The molecule has 0 radical (unpaired) electrons. The third-order valence-electron chi connectivity index (χ3n) is 3.02. The van der Waals surface area contributed by atoms with Gasteiger partial charge in [0.1, 0.15) is 0 Å². The molecule has 1 aliphatic rings. The lowest BCUT2D eigenvalue weighted by Crippen LogP contribution is -2.36. The normalized spacial score (nSPS) is 17.3. The minimum Gasteiger partial charge on any atom is -0.407 e. The zero-order chi connectivity index (χ0) is 12.1. The van der Waals surface area contributed by atoms with Crippen LogP contribution in [0.5, 0.6) is 0 Å². The minimum atomic E-state index is 0.441. The van der Waals surface area contributed by atoms with E-state index in [1.807, 2.05) is 14.0 Å². The third kappa shape index (κ3) is 3.17. The lowest BCUT2D eigenvalue weighted by Gasteiger charge is -2.29. The third-order valence-corrected chi connectivity index (χ3v) is 3.02. The first-order valence-electron chi connectivity index (χ1n) is 6.15. The van der Waals surface area contributed by atoms with Crippen LogP contribution in [0.25, 0.3) is 0 Å². The summed E-state index contributed by atoms with van der Waals surface area (Å²) >= 11 is 0. The second-order valence-electron chi connectivity index (χ2n) is 4.21. The molecule has 1 aromatic rings. The molecule has 0 bridgehead atoms. The van der Waals surface area contributed by atoms with Gasteiger partial charge in [-0.2, -0.15) is 0 Å². The first-order valence-corrected chi connectivity index (χ1v) is 6.15. The van der Waals surface area contributed by atoms with Crippen LogP contribution in [0, 0.1) is 0 Å². The Balaban J connectivity index is 1.93. The Morgan fingerprint density at radius 1 is 1.35 bits per heavy atom. The molecule has 1 saturated heterocycles. The highest BCUT2D eigenvalue weighted by Gasteiger charge is 2.22. The molecule has 96 valence electrons. The fourth-order valence-electron chi connectivity index (χ4n) is 1.92. The smallest absolute Gasteiger partial charge is 0.318 e. The van der Waals surface area contributed by atoms with E-state index in [4.69, 9.17) is 9.15 Å².